The van der Waals surface area contributed by atoms with Crippen LogP contribution >= 0.6 is 11.8 Å². The summed E-state index contributed by atoms with van der Waals surface area (Å²) in [6.07, 6.45) is 5.69. The Kier molecular flexibility index (Phi) is 10.6. The van der Waals surface area contributed by atoms with Crippen LogP contribution in [0.25, 0.3) is 0 Å². The largest absolute Gasteiger partial charge is 0.489 e. The Balaban J connectivity index is 1.41. The molecule has 1 aliphatic rings. The van der Waals surface area contributed by atoms with E-state index >= 15 is 0 Å². The van der Waals surface area contributed by atoms with Crippen molar-refractivity contribution in [1.29, 1.82) is 0 Å². The van der Waals surface area contributed by atoms with Gasteiger partial charge in [-0.15, -0.1) is 11.8 Å². The first kappa shape index (κ1) is 25.1. The minimum atomic E-state index is -0.381. The number of unbranched alkanes of at least 4 members (excludes halogenated alkanes) is 4. The molecule has 2 aromatic carbocycles. The lowest BCUT2D eigenvalue weighted by Gasteiger charge is -2.23. The van der Waals surface area contributed by atoms with E-state index in [1.165, 1.54) is 0 Å². The quantitative estimate of drug-likeness (QED) is 0.437. The molecule has 0 aliphatic carbocycles. The molecule has 2 aromatic rings. The molecule has 7 heteroatoms. The standard InChI is InChI=1S/C26H35N3O3S/c27-15-7-2-1-3-8-16-28-26(31)24-19-33-20-29(24)25(30)17-21-11-13-23(14-12-21)32-18-22-9-5-4-6-10-22/h4-6,9-14,24H,1-3,7-8,15-20,27H2,(H,28,31). The highest BCUT2D eigenvalue weighted by Gasteiger charge is 2.34. The first-order valence-corrected chi connectivity index (χ1v) is 12.9. The van der Waals surface area contributed by atoms with Gasteiger partial charge in [0, 0.05) is 12.3 Å². The van der Waals surface area contributed by atoms with Crippen LogP contribution in [0.3, 0.4) is 0 Å². The lowest BCUT2D eigenvalue weighted by atomic mass is 10.1. The van der Waals surface area contributed by atoms with Crippen LogP contribution in [-0.2, 0) is 22.6 Å². The first-order chi connectivity index (χ1) is 16.2. The van der Waals surface area contributed by atoms with Gasteiger partial charge in [0.05, 0.1) is 12.3 Å². The van der Waals surface area contributed by atoms with Gasteiger partial charge in [0.1, 0.15) is 18.4 Å². The van der Waals surface area contributed by atoms with E-state index in [0.717, 1.165) is 55.5 Å². The molecule has 1 atom stereocenters. The number of thioether (sulfide) groups is 1. The predicted molar refractivity (Wildman–Crippen MR) is 134 cm³/mol. The average molecular weight is 470 g/mol. The Morgan fingerprint density at radius 1 is 0.970 bits per heavy atom. The number of benzene rings is 2. The van der Waals surface area contributed by atoms with Crippen molar-refractivity contribution in [3.05, 3.63) is 65.7 Å². The molecule has 0 aromatic heterocycles. The Labute approximate surface area is 201 Å². The maximum atomic E-state index is 12.9. The SMILES string of the molecule is NCCCCCCCNC(=O)C1CSCN1C(=O)Cc1ccc(OCc2ccccc2)cc1. The van der Waals surface area contributed by atoms with E-state index in [2.05, 4.69) is 5.32 Å². The smallest absolute Gasteiger partial charge is 0.243 e. The summed E-state index contributed by atoms with van der Waals surface area (Å²) in [5.74, 6) is 1.93. The minimum Gasteiger partial charge on any atom is -0.489 e. The van der Waals surface area contributed by atoms with Crippen molar-refractivity contribution >= 4 is 23.6 Å². The minimum absolute atomic E-state index is 0.0140. The number of nitrogens with zero attached hydrogens (tertiary/aromatic N) is 1. The van der Waals surface area contributed by atoms with Gasteiger partial charge in [-0.25, -0.2) is 0 Å². The molecule has 1 aliphatic heterocycles. The van der Waals surface area contributed by atoms with Crippen molar-refractivity contribution in [3.63, 3.8) is 0 Å². The zero-order valence-corrected chi connectivity index (χ0v) is 20.0. The van der Waals surface area contributed by atoms with Gasteiger partial charge >= 0.3 is 0 Å². The Morgan fingerprint density at radius 2 is 1.70 bits per heavy atom. The summed E-state index contributed by atoms with van der Waals surface area (Å²) in [7, 11) is 0. The van der Waals surface area contributed by atoms with Crippen LogP contribution in [0.2, 0.25) is 0 Å². The van der Waals surface area contributed by atoms with Crippen LogP contribution in [0.1, 0.15) is 43.2 Å². The van der Waals surface area contributed by atoms with E-state index in [0.29, 0.717) is 24.8 Å². The molecule has 6 nitrogen and oxygen atoms in total. The molecule has 1 saturated heterocycles. The van der Waals surface area contributed by atoms with Crippen LogP contribution in [0, 0.1) is 0 Å². The average Bonchev–Trinajstić information content (AvgIpc) is 3.34. The fraction of sp³-hybridized carbons (Fsp3) is 0.462. The first-order valence-electron chi connectivity index (χ1n) is 11.8. The Hall–Kier alpha value is -2.51. The van der Waals surface area contributed by atoms with Crippen LogP contribution in [0.15, 0.2) is 54.6 Å². The maximum Gasteiger partial charge on any atom is 0.243 e. The Bertz CT molecular complexity index is 861. The number of ether oxygens (including phenoxy) is 1. The summed E-state index contributed by atoms with van der Waals surface area (Å²) in [5, 5.41) is 3.01. The van der Waals surface area contributed by atoms with Gasteiger partial charge in [-0.1, -0.05) is 61.7 Å². The predicted octanol–water partition coefficient (Wildman–Crippen LogP) is 3.74. The van der Waals surface area contributed by atoms with Crippen molar-refractivity contribution < 1.29 is 14.3 Å². The zero-order valence-electron chi connectivity index (χ0n) is 19.2. The van der Waals surface area contributed by atoms with Crippen molar-refractivity contribution in [2.75, 3.05) is 24.7 Å². The van der Waals surface area contributed by atoms with Crippen LogP contribution in [0.4, 0.5) is 0 Å². The lowest BCUT2D eigenvalue weighted by molar-refractivity contribution is -0.137. The van der Waals surface area contributed by atoms with Crippen molar-refractivity contribution in [3.8, 4) is 5.75 Å². The van der Waals surface area contributed by atoms with E-state index in [1.807, 2.05) is 54.6 Å². The molecule has 1 unspecified atom stereocenters. The second-order valence-corrected chi connectivity index (χ2v) is 9.32. The van der Waals surface area contributed by atoms with Gasteiger partial charge in [0.15, 0.2) is 0 Å². The van der Waals surface area contributed by atoms with Crippen LogP contribution in [0.5, 0.6) is 5.75 Å². The third-order valence-corrected chi connectivity index (χ3v) is 6.72. The molecule has 0 spiro atoms. The summed E-state index contributed by atoms with van der Waals surface area (Å²) in [4.78, 5) is 27.2. The van der Waals surface area contributed by atoms with Crippen molar-refractivity contribution in [2.24, 2.45) is 5.73 Å². The number of carbonyl (C=O) groups excluding carboxylic acids is 2. The van der Waals surface area contributed by atoms with Gasteiger partial charge in [-0.3, -0.25) is 9.59 Å². The second-order valence-electron chi connectivity index (χ2n) is 8.32. The maximum absolute atomic E-state index is 12.9. The molecule has 0 bridgehead atoms. The zero-order chi connectivity index (χ0) is 23.3. The van der Waals surface area contributed by atoms with E-state index in [4.69, 9.17) is 10.5 Å². The summed E-state index contributed by atoms with van der Waals surface area (Å²) < 4.78 is 5.82. The molecule has 3 rings (SSSR count). The molecular weight excluding hydrogens is 434 g/mol. The number of hydrogen-bond acceptors (Lipinski definition) is 5. The number of rotatable bonds is 13. The molecule has 33 heavy (non-hydrogen) atoms. The van der Waals surface area contributed by atoms with Gasteiger partial charge in [-0.2, -0.15) is 0 Å². The molecule has 2 amide bonds. The lowest BCUT2D eigenvalue weighted by Crippen LogP contribution is -2.47. The number of hydrogen-bond donors (Lipinski definition) is 2. The highest BCUT2D eigenvalue weighted by atomic mass is 32.2. The highest BCUT2D eigenvalue weighted by Crippen LogP contribution is 2.23. The van der Waals surface area contributed by atoms with E-state index < -0.39 is 0 Å². The molecular formula is C26H35N3O3S. The van der Waals surface area contributed by atoms with Crippen molar-refractivity contribution in [1.82, 2.24) is 10.2 Å². The summed E-state index contributed by atoms with van der Waals surface area (Å²) in [6, 6.07) is 17.2. The van der Waals surface area contributed by atoms with Gasteiger partial charge < -0.3 is 20.7 Å². The summed E-state index contributed by atoms with van der Waals surface area (Å²) >= 11 is 1.63. The number of carbonyl (C=O) groups is 2. The van der Waals surface area contributed by atoms with E-state index in [9.17, 15) is 9.59 Å². The molecule has 1 fully saturated rings. The van der Waals surface area contributed by atoms with E-state index in [-0.39, 0.29) is 24.3 Å². The molecule has 3 N–H and O–H groups in total. The molecule has 0 saturated carbocycles. The highest BCUT2D eigenvalue weighted by molar-refractivity contribution is 7.99. The van der Waals surface area contributed by atoms with E-state index in [1.54, 1.807) is 16.7 Å². The summed E-state index contributed by atoms with van der Waals surface area (Å²) in [5.41, 5.74) is 7.53. The van der Waals surface area contributed by atoms with Gasteiger partial charge in [-0.05, 0) is 42.6 Å². The third kappa shape index (κ3) is 8.41. The number of amides is 2. The van der Waals surface area contributed by atoms with Gasteiger partial charge in [0.2, 0.25) is 11.8 Å². The summed E-state index contributed by atoms with van der Waals surface area (Å²) in [6.45, 7) is 1.91. The van der Waals surface area contributed by atoms with Gasteiger partial charge in [0.25, 0.3) is 0 Å². The number of nitrogens with two attached hydrogens (primary N) is 1. The normalized spacial score (nSPS) is 15.4. The van der Waals surface area contributed by atoms with Crippen LogP contribution in [-0.4, -0.2) is 47.5 Å². The third-order valence-electron chi connectivity index (χ3n) is 5.71. The second kappa shape index (κ2) is 13.9. The Morgan fingerprint density at radius 3 is 2.45 bits per heavy atom. The molecule has 0 radical (unpaired) electrons. The fourth-order valence-corrected chi connectivity index (χ4v) is 4.94. The topological polar surface area (TPSA) is 84.7 Å². The van der Waals surface area contributed by atoms with Crippen LogP contribution < -0.4 is 15.8 Å². The molecule has 1 heterocycles. The fourth-order valence-electron chi connectivity index (χ4n) is 3.76. The van der Waals surface area contributed by atoms with Crippen molar-refractivity contribution in [2.45, 2.75) is 51.2 Å². The number of nitrogens with one attached hydrogen (secondary N) is 1. The monoisotopic (exact) mass is 469 g/mol. The molecule has 178 valence electrons.